The number of rotatable bonds is 3. The van der Waals surface area contributed by atoms with E-state index >= 15 is 0 Å². The lowest BCUT2D eigenvalue weighted by Gasteiger charge is -2.12. The van der Waals surface area contributed by atoms with Crippen molar-refractivity contribution in [3.63, 3.8) is 0 Å². The van der Waals surface area contributed by atoms with Gasteiger partial charge in [-0.1, -0.05) is 24.6 Å². The largest absolute Gasteiger partial charge is 0.491 e. The van der Waals surface area contributed by atoms with Crippen LogP contribution in [0.4, 0.5) is 0 Å². The molecule has 0 heterocycles. The van der Waals surface area contributed by atoms with Gasteiger partial charge in [-0.2, -0.15) is 0 Å². The summed E-state index contributed by atoms with van der Waals surface area (Å²) < 4.78 is 5.56. The lowest BCUT2D eigenvalue weighted by atomic mass is 10.3. The fraction of sp³-hybridized carbons (Fsp3) is 0.400. The monoisotopic (exact) mass is 184 g/mol. The third-order valence-corrected chi connectivity index (χ3v) is 1.94. The average Bonchev–Trinajstić information content (AvgIpc) is 2.04. The molecule has 66 valence electrons. The van der Waals surface area contributed by atoms with Crippen LogP contribution in [0, 0.1) is 0 Å². The summed E-state index contributed by atoms with van der Waals surface area (Å²) in [5.41, 5.74) is 0. The number of hydrogen-bond donors (Lipinski definition) is 0. The maximum atomic E-state index is 5.79. The molecule has 1 atom stereocenters. The van der Waals surface area contributed by atoms with Gasteiger partial charge in [-0.25, -0.2) is 0 Å². The second-order valence-electron chi connectivity index (χ2n) is 2.79. The van der Waals surface area contributed by atoms with E-state index in [1.54, 1.807) is 0 Å². The second-order valence-corrected chi connectivity index (χ2v) is 3.23. The molecule has 1 unspecified atom stereocenters. The first-order chi connectivity index (χ1) is 5.72. The molecule has 1 aromatic carbocycles. The quantitative estimate of drug-likeness (QED) is 0.699. The Morgan fingerprint density at radius 1 is 1.50 bits per heavy atom. The van der Waals surface area contributed by atoms with Gasteiger partial charge in [0.1, 0.15) is 5.75 Å². The van der Waals surface area contributed by atoms with Gasteiger partial charge in [-0.05, 0) is 31.5 Å². The summed E-state index contributed by atoms with van der Waals surface area (Å²) in [5.74, 6) is 0.844. The van der Waals surface area contributed by atoms with Gasteiger partial charge in [0.05, 0.1) is 6.10 Å². The van der Waals surface area contributed by atoms with Gasteiger partial charge in [-0.3, -0.25) is 0 Å². The van der Waals surface area contributed by atoms with E-state index in [1.165, 1.54) is 0 Å². The number of ether oxygens (including phenoxy) is 1. The average molecular weight is 185 g/mol. The molecule has 0 saturated heterocycles. The summed E-state index contributed by atoms with van der Waals surface area (Å²) in [6.45, 7) is 4.14. The molecule has 1 rings (SSSR count). The molecule has 0 fully saturated rings. The molecule has 0 N–H and O–H groups in total. The summed E-state index contributed by atoms with van der Waals surface area (Å²) in [6.07, 6.45) is 1.26. The van der Waals surface area contributed by atoms with E-state index in [2.05, 4.69) is 6.92 Å². The van der Waals surface area contributed by atoms with E-state index in [0.717, 1.165) is 17.2 Å². The van der Waals surface area contributed by atoms with Crippen LogP contribution in [-0.4, -0.2) is 6.10 Å². The summed E-state index contributed by atoms with van der Waals surface area (Å²) in [4.78, 5) is 0. The Hall–Kier alpha value is -0.690. The number of benzene rings is 1. The van der Waals surface area contributed by atoms with Gasteiger partial charge in [0.2, 0.25) is 0 Å². The lowest BCUT2D eigenvalue weighted by Crippen LogP contribution is -2.09. The highest BCUT2D eigenvalue weighted by atomic mass is 35.5. The minimum absolute atomic E-state index is 0.253. The molecule has 12 heavy (non-hydrogen) atoms. The Morgan fingerprint density at radius 3 is 2.83 bits per heavy atom. The van der Waals surface area contributed by atoms with Crippen LogP contribution in [0.1, 0.15) is 20.3 Å². The van der Waals surface area contributed by atoms with Crippen LogP contribution in [0.2, 0.25) is 5.02 Å². The molecular weight excluding hydrogens is 172 g/mol. The second kappa shape index (κ2) is 4.36. The van der Waals surface area contributed by atoms with Crippen molar-refractivity contribution in [2.75, 3.05) is 0 Å². The minimum atomic E-state index is 0.253. The Bertz CT molecular complexity index is 247. The van der Waals surface area contributed by atoms with Crippen molar-refractivity contribution < 1.29 is 4.74 Å². The van der Waals surface area contributed by atoms with Gasteiger partial charge in [-0.15, -0.1) is 0 Å². The maximum absolute atomic E-state index is 5.79. The van der Waals surface area contributed by atoms with Crippen LogP contribution < -0.4 is 4.74 Å². The van der Waals surface area contributed by atoms with Crippen molar-refractivity contribution >= 4 is 11.6 Å². The predicted octanol–water partition coefficient (Wildman–Crippen LogP) is 3.52. The molecule has 0 aliphatic heterocycles. The van der Waals surface area contributed by atoms with Gasteiger partial charge in [0, 0.05) is 5.02 Å². The van der Waals surface area contributed by atoms with Gasteiger partial charge >= 0.3 is 0 Å². The van der Waals surface area contributed by atoms with Crippen LogP contribution in [0.3, 0.4) is 0 Å². The zero-order valence-electron chi connectivity index (χ0n) is 7.38. The zero-order valence-corrected chi connectivity index (χ0v) is 8.14. The Balaban J connectivity index is 2.63. The Kier molecular flexibility index (Phi) is 3.42. The SMILES string of the molecule is CCC(C)Oc1cccc(Cl)c1. The van der Waals surface area contributed by atoms with Crippen LogP contribution in [0.25, 0.3) is 0 Å². The summed E-state index contributed by atoms with van der Waals surface area (Å²) in [7, 11) is 0. The predicted molar refractivity (Wildman–Crippen MR) is 51.8 cm³/mol. The zero-order chi connectivity index (χ0) is 8.97. The lowest BCUT2D eigenvalue weighted by molar-refractivity contribution is 0.217. The Labute approximate surface area is 78.3 Å². The standard InChI is InChI=1S/C10H13ClO/c1-3-8(2)12-10-6-4-5-9(11)7-10/h4-8H,3H2,1-2H3. The topological polar surface area (TPSA) is 9.23 Å². The van der Waals surface area contributed by atoms with Crippen molar-refractivity contribution in [2.24, 2.45) is 0 Å². The third-order valence-electron chi connectivity index (χ3n) is 1.71. The summed E-state index contributed by atoms with van der Waals surface area (Å²) >= 11 is 5.79. The van der Waals surface area contributed by atoms with Crippen LogP contribution in [0.15, 0.2) is 24.3 Å². The molecule has 0 aromatic heterocycles. The molecule has 2 heteroatoms. The Morgan fingerprint density at radius 2 is 2.25 bits per heavy atom. The van der Waals surface area contributed by atoms with E-state index in [-0.39, 0.29) is 6.10 Å². The molecule has 0 spiro atoms. The van der Waals surface area contributed by atoms with Crippen LogP contribution in [-0.2, 0) is 0 Å². The molecule has 0 saturated carbocycles. The molecule has 0 radical (unpaired) electrons. The van der Waals surface area contributed by atoms with Crippen molar-refractivity contribution in [3.05, 3.63) is 29.3 Å². The maximum Gasteiger partial charge on any atom is 0.121 e. The van der Waals surface area contributed by atoms with Crippen LogP contribution in [0.5, 0.6) is 5.75 Å². The number of hydrogen-bond acceptors (Lipinski definition) is 1. The smallest absolute Gasteiger partial charge is 0.121 e. The van der Waals surface area contributed by atoms with Crippen molar-refractivity contribution in [3.8, 4) is 5.75 Å². The summed E-state index contributed by atoms with van der Waals surface area (Å²) in [5, 5.41) is 0.718. The van der Waals surface area contributed by atoms with Gasteiger partial charge in [0.25, 0.3) is 0 Å². The van der Waals surface area contributed by atoms with Gasteiger partial charge in [0.15, 0.2) is 0 Å². The van der Waals surface area contributed by atoms with Gasteiger partial charge < -0.3 is 4.74 Å². The van der Waals surface area contributed by atoms with Crippen molar-refractivity contribution in [2.45, 2.75) is 26.4 Å². The normalized spacial score (nSPS) is 12.6. The van der Waals surface area contributed by atoms with E-state index < -0.39 is 0 Å². The highest BCUT2D eigenvalue weighted by Gasteiger charge is 2.00. The van der Waals surface area contributed by atoms with E-state index in [1.807, 2.05) is 31.2 Å². The molecule has 1 aromatic rings. The van der Waals surface area contributed by atoms with E-state index in [9.17, 15) is 0 Å². The first-order valence-electron chi connectivity index (χ1n) is 4.14. The molecular formula is C10H13ClO. The highest BCUT2D eigenvalue weighted by molar-refractivity contribution is 6.30. The van der Waals surface area contributed by atoms with E-state index in [4.69, 9.17) is 16.3 Å². The first kappa shape index (κ1) is 9.40. The molecule has 0 aliphatic carbocycles. The van der Waals surface area contributed by atoms with E-state index in [0.29, 0.717) is 0 Å². The minimum Gasteiger partial charge on any atom is -0.491 e. The first-order valence-corrected chi connectivity index (χ1v) is 4.52. The molecule has 0 amide bonds. The van der Waals surface area contributed by atoms with Crippen molar-refractivity contribution in [1.82, 2.24) is 0 Å². The highest BCUT2D eigenvalue weighted by Crippen LogP contribution is 2.18. The van der Waals surface area contributed by atoms with Crippen LogP contribution >= 0.6 is 11.6 Å². The number of halogens is 1. The molecule has 1 nitrogen and oxygen atoms in total. The molecule has 0 aliphatic rings. The summed E-state index contributed by atoms with van der Waals surface area (Å²) in [6, 6.07) is 7.47. The third kappa shape index (κ3) is 2.74. The molecule has 0 bridgehead atoms. The van der Waals surface area contributed by atoms with Crippen molar-refractivity contribution in [1.29, 1.82) is 0 Å². The fourth-order valence-electron chi connectivity index (χ4n) is 0.856. The fourth-order valence-corrected chi connectivity index (χ4v) is 1.04.